The van der Waals surface area contributed by atoms with E-state index >= 15 is 0 Å². The van der Waals surface area contributed by atoms with Crippen molar-refractivity contribution >= 4 is 0 Å². The fourth-order valence-electron chi connectivity index (χ4n) is 5.26. The van der Waals surface area contributed by atoms with Crippen LogP contribution in [0.2, 0.25) is 0 Å². The van der Waals surface area contributed by atoms with Crippen LogP contribution in [0.5, 0.6) is 0 Å². The quantitative estimate of drug-likeness (QED) is 0.545. The van der Waals surface area contributed by atoms with Crippen LogP contribution < -0.4 is 0 Å². The van der Waals surface area contributed by atoms with E-state index in [9.17, 15) is 0 Å². The largest absolute Gasteiger partial charge is 0.0625 e. The number of hydrogen-bond donors (Lipinski definition) is 0. The Morgan fingerprint density at radius 3 is 1.44 bits per heavy atom. The van der Waals surface area contributed by atoms with E-state index in [1.165, 1.54) is 12.8 Å². The van der Waals surface area contributed by atoms with Gasteiger partial charge in [-0.25, -0.2) is 0 Å². The molecule has 0 aromatic rings. The lowest BCUT2D eigenvalue weighted by Crippen LogP contribution is -2.40. The second-order valence-corrected chi connectivity index (χ2v) is 7.26. The van der Waals surface area contributed by atoms with Gasteiger partial charge < -0.3 is 0 Å². The van der Waals surface area contributed by atoms with Crippen LogP contribution in [0.3, 0.4) is 0 Å². The van der Waals surface area contributed by atoms with Crippen LogP contribution in [0, 0.1) is 35.5 Å². The molecule has 0 aliphatic heterocycles. The summed E-state index contributed by atoms with van der Waals surface area (Å²) in [4.78, 5) is 0. The molecule has 3 aliphatic rings. The van der Waals surface area contributed by atoms with E-state index in [1.807, 2.05) is 0 Å². The molecule has 3 aliphatic carbocycles. The molecule has 0 heterocycles. The Balaban J connectivity index is 1.71. The van der Waals surface area contributed by atoms with Gasteiger partial charge >= 0.3 is 0 Å². The Bertz CT molecular complexity index is 218. The Kier molecular flexibility index (Phi) is 3.02. The molecule has 0 N–H and O–H groups in total. The molecule has 0 nitrogen and oxygen atoms in total. The summed E-state index contributed by atoms with van der Waals surface area (Å²) in [6, 6.07) is 0. The van der Waals surface area contributed by atoms with Crippen molar-refractivity contribution in [3.05, 3.63) is 0 Å². The molecule has 0 radical (unpaired) electrons. The van der Waals surface area contributed by atoms with Crippen LogP contribution in [0.25, 0.3) is 0 Å². The van der Waals surface area contributed by atoms with Crippen LogP contribution in [0.1, 0.15) is 65.2 Å². The van der Waals surface area contributed by atoms with Gasteiger partial charge in [0.25, 0.3) is 0 Å². The molecular weight excluding hydrogens is 192 g/mol. The van der Waals surface area contributed by atoms with E-state index in [4.69, 9.17) is 0 Å². The van der Waals surface area contributed by atoms with Gasteiger partial charge in [0.05, 0.1) is 0 Å². The minimum Gasteiger partial charge on any atom is -0.0625 e. The molecule has 6 atom stereocenters. The van der Waals surface area contributed by atoms with Crippen molar-refractivity contribution < 1.29 is 0 Å². The lowest BCUT2D eigenvalue weighted by atomic mass is 9.55. The predicted octanol–water partition coefficient (Wildman–Crippen LogP) is 4.89. The molecule has 5 unspecified atom stereocenters. The van der Waals surface area contributed by atoms with Gasteiger partial charge in [-0.15, -0.1) is 0 Å². The molecule has 0 spiro atoms. The average molecular weight is 220 g/mol. The maximum Gasteiger partial charge on any atom is -0.0355 e. The normalized spacial score (nSPS) is 52.9. The summed E-state index contributed by atoms with van der Waals surface area (Å²) in [5.41, 5.74) is 0. The van der Waals surface area contributed by atoms with E-state index in [0.29, 0.717) is 0 Å². The zero-order valence-corrected chi connectivity index (χ0v) is 11.1. The summed E-state index contributed by atoms with van der Waals surface area (Å²) in [6.45, 7) is 4.95. The van der Waals surface area contributed by atoms with E-state index in [-0.39, 0.29) is 0 Å². The van der Waals surface area contributed by atoms with Crippen LogP contribution in [0.15, 0.2) is 0 Å². The molecule has 92 valence electrons. The first kappa shape index (κ1) is 11.1. The molecule has 0 heteroatoms. The SMILES string of the molecule is CC1CCC2C(CCC3C[C@@H](C)CCC32)C1. The molecule has 0 aromatic heterocycles. The van der Waals surface area contributed by atoms with E-state index < -0.39 is 0 Å². The summed E-state index contributed by atoms with van der Waals surface area (Å²) in [6.07, 6.45) is 12.5. The number of hydrogen-bond acceptors (Lipinski definition) is 0. The Hall–Kier alpha value is 0. The first-order valence-corrected chi connectivity index (χ1v) is 7.74. The monoisotopic (exact) mass is 220 g/mol. The lowest BCUT2D eigenvalue weighted by Gasteiger charge is -2.50. The molecule has 3 saturated carbocycles. The minimum absolute atomic E-state index is 1.03. The first-order valence-electron chi connectivity index (χ1n) is 7.74. The van der Waals surface area contributed by atoms with Crippen molar-refractivity contribution in [2.24, 2.45) is 35.5 Å². The molecule has 3 rings (SSSR count). The standard InChI is InChI=1S/C16H28/c1-11-3-7-15-13(9-11)5-6-14-10-12(2)4-8-16(14)15/h11-16H,3-10H2,1-2H3/t11-,12?,13?,14?,15?,16?/m0/s1. The second kappa shape index (κ2) is 4.35. The smallest absolute Gasteiger partial charge is 0.0355 e. The van der Waals surface area contributed by atoms with Gasteiger partial charge in [0.1, 0.15) is 0 Å². The van der Waals surface area contributed by atoms with E-state index in [1.54, 1.807) is 38.5 Å². The van der Waals surface area contributed by atoms with Crippen molar-refractivity contribution in [2.75, 3.05) is 0 Å². The number of rotatable bonds is 0. The number of fused-ring (bicyclic) bond motifs is 3. The Morgan fingerprint density at radius 1 is 0.562 bits per heavy atom. The van der Waals surface area contributed by atoms with Gasteiger partial charge in [-0.3, -0.25) is 0 Å². The zero-order valence-electron chi connectivity index (χ0n) is 11.1. The summed E-state index contributed by atoms with van der Waals surface area (Å²) in [5, 5.41) is 0. The molecule has 3 fully saturated rings. The molecule has 16 heavy (non-hydrogen) atoms. The summed E-state index contributed by atoms with van der Waals surface area (Å²) in [5.74, 6) is 6.59. The third kappa shape index (κ3) is 1.93. The van der Waals surface area contributed by atoms with Gasteiger partial charge in [0, 0.05) is 0 Å². The topological polar surface area (TPSA) is 0 Å². The fraction of sp³-hybridized carbons (Fsp3) is 1.00. The van der Waals surface area contributed by atoms with Gasteiger partial charge in [0.2, 0.25) is 0 Å². The van der Waals surface area contributed by atoms with Crippen molar-refractivity contribution in [3.63, 3.8) is 0 Å². The molecule has 0 amide bonds. The fourth-order valence-corrected chi connectivity index (χ4v) is 5.26. The van der Waals surface area contributed by atoms with Crippen molar-refractivity contribution in [2.45, 2.75) is 65.2 Å². The van der Waals surface area contributed by atoms with Crippen LogP contribution >= 0.6 is 0 Å². The third-order valence-corrected chi connectivity index (χ3v) is 6.07. The van der Waals surface area contributed by atoms with Gasteiger partial charge in [-0.2, -0.15) is 0 Å². The van der Waals surface area contributed by atoms with Gasteiger partial charge in [-0.1, -0.05) is 26.7 Å². The molecular formula is C16H28. The first-order chi connectivity index (χ1) is 7.74. The molecule has 0 saturated heterocycles. The third-order valence-electron chi connectivity index (χ3n) is 6.07. The van der Waals surface area contributed by atoms with Crippen LogP contribution in [-0.4, -0.2) is 0 Å². The predicted molar refractivity (Wildman–Crippen MR) is 69.2 cm³/mol. The van der Waals surface area contributed by atoms with E-state index in [0.717, 1.165) is 35.5 Å². The van der Waals surface area contributed by atoms with Crippen LogP contribution in [0.4, 0.5) is 0 Å². The van der Waals surface area contributed by atoms with Crippen molar-refractivity contribution in [1.29, 1.82) is 0 Å². The Labute approximate surface area is 101 Å². The highest BCUT2D eigenvalue weighted by molar-refractivity contribution is 4.93. The average Bonchev–Trinajstić information content (AvgIpc) is 2.28. The summed E-state index contributed by atoms with van der Waals surface area (Å²) < 4.78 is 0. The highest BCUT2D eigenvalue weighted by Crippen LogP contribution is 2.53. The minimum atomic E-state index is 1.03. The van der Waals surface area contributed by atoms with Crippen LogP contribution in [-0.2, 0) is 0 Å². The zero-order chi connectivity index (χ0) is 11.1. The highest BCUT2D eigenvalue weighted by atomic mass is 14.5. The highest BCUT2D eigenvalue weighted by Gasteiger charge is 2.43. The summed E-state index contributed by atoms with van der Waals surface area (Å²) in [7, 11) is 0. The van der Waals surface area contributed by atoms with Gasteiger partial charge in [0.15, 0.2) is 0 Å². The Morgan fingerprint density at radius 2 is 1.00 bits per heavy atom. The van der Waals surface area contributed by atoms with E-state index in [2.05, 4.69) is 13.8 Å². The van der Waals surface area contributed by atoms with Gasteiger partial charge in [-0.05, 0) is 74.0 Å². The summed E-state index contributed by atoms with van der Waals surface area (Å²) >= 11 is 0. The molecule has 0 bridgehead atoms. The maximum absolute atomic E-state index is 2.48. The van der Waals surface area contributed by atoms with Crippen molar-refractivity contribution in [1.82, 2.24) is 0 Å². The van der Waals surface area contributed by atoms with Crippen molar-refractivity contribution in [3.8, 4) is 0 Å². The maximum atomic E-state index is 2.48. The molecule has 0 aromatic carbocycles. The second-order valence-electron chi connectivity index (χ2n) is 7.26. The lowest BCUT2D eigenvalue weighted by molar-refractivity contribution is 0.00266.